The van der Waals surface area contributed by atoms with E-state index < -0.39 is 0 Å². The summed E-state index contributed by atoms with van der Waals surface area (Å²) in [5.74, 6) is 0.426. The Morgan fingerprint density at radius 2 is 2.28 bits per heavy atom. The summed E-state index contributed by atoms with van der Waals surface area (Å²) in [6, 6.07) is 10.3. The Bertz CT molecular complexity index is 462. The van der Waals surface area contributed by atoms with Crippen molar-refractivity contribution < 1.29 is 0 Å². The number of nitriles is 1. The number of hydrogen-bond donors (Lipinski definition) is 0. The largest absolute Gasteiger partial charge is 0.371 e. The molecule has 96 valence electrons. The fourth-order valence-corrected chi connectivity index (χ4v) is 2.77. The highest BCUT2D eigenvalue weighted by molar-refractivity contribution is 6.30. The summed E-state index contributed by atoms with van der Waals surface area (Å²) in [4.78, 5) is 2.35. The van der Waals surface area contributed by atoms with Crippen LogP contribution in [0.1, 0.15) is 26.7 Å². The number of benzene rings is 1. The number of anilines is 1. The Morgan fingerprint density at radius 3 is 2.94 bits per heavy atom. The molecule has 1 fully saturated rings. The third-order valence-corrected chi connectivity index (χ3v) is 4.32. The molecule has 0 saturated carbocycles. The van der Waals surface area contributed by atoms with Crippen molar-refractivity contribution >= 4 is 17.3 Å². The molecule has 2 rings (SSSR count). The Hall–Kier alpha value is -1.20. The molecule has 0 amide bonds. The lowest BCUT2D eigenvalue weighted by Crippen LogP contribution is -2.44. The second kappa shape index (κ2) is 5.20. The number of hydrogen-bond acceptors (Lipinski definition) is 2. The van der Waals surface area contributed by atoms with Crippen molar-refractivity contribution in [3.63, 3.8) is 0 Å². The van der Waals surface area contributed by atoms with E-state index in [4.69, 9.17) is 16.9 Å². The molecule has 1 aliphatic heterocycles. The van der Waals surface area contributed by atoms with E-state index in [-0.39, 0.29) is 5.41 Å². The van der Waals surface area contributed by atoms with Gasteiger partial charge in [-0.1, -0.05) is 31.5 Å². The van der Waals surface area contributed by atoms with Crippen LogP contribution in [-0.4, -0.2) is 13.1 Å². The predicted octanol–water partition coefficient (Wildman–Crippen LogP) is 4.11. The molecular weight excluding hydrogens is 244 g/mol. The van der Waals surface area contributed by atoms with Crippen molar-refractivity contribution in [2.24, 2.45) is 11.3 Å². The molecule has 1 aliphatic rings. The average molecular weight is 263 g/mol. The van der Waals surface area contributed by atoms with Crippen molar-refractivity contribution in [1.82, 2.24) is 0 Å². The average Bonchev–Trinajstić information content (AvgIpc) is 2.32. The Morgan fingerprint density at radius 1 is 1.50 bits per heavy atom. The molecule has 0 radical (unpaired) electrons. The molecule has 2 nitrogen and oxygen atoms in total. The summed E-state index contributed by atoms with van der Waals surface area (Å²) in [5.41, 5.74) is 1.42. The molecule has 1 unspecified atom stereocenters. The van der Waals surface area contributed by atoms with Crippen LogP contribution in [0.2, 0.25) is 5.02 Å². The summed E-state index contributed by atoms with van der Waals surface area (Å²) in [7, 11) is 0. The van der Waals surface area contributed by atoms with E-state index in [2.05, 4.69) is 30.9 Å². The lowest BCUT2D eigenvalue weighted by atomic mass is 9.72. The van der Waals surface area contributed by atoms with Gasteiger partial charge in [0, 0.05) is 30.2 Å². The maximum Gasteiger partial charge on any atom is 0.0625 e. The Kier molecular flexibility index (Phi) is 3.82. The van der Waals surface area contributed by atoms with E-state index in [1.165, 1.54) is 5.69 Å². The smallest absolute Gasteiger partial charge is 0.0625 e. The molecular formula is C15H19ClN2. The standard InChI is InChI=1S/C15H19ClN2/c1-15(2)7-9-18(11-12(15)6-8-17)14-5-3-4-13(16)10-14/h3-5,10,12H,6-7,9,11H2,1-2H3. The van der Waals surface area contributed by atoms with Crippen LogP contribution in [0.4, 0.5) is 5.69 Å². The van der Waals surface area contributed by atoms with Crippen molar-refractivity contribution in [3.05, 3.63) is 29.3 Å². The quantitative estimate of drug-likeness (QED) is 0.802. The number of piperidine rings is 1. The monoisotopic (exact) mass is 262 g/mol. The molecule has 1 aromatic carbocycles. The van der Waals surface area contributed by atoms with Gasteiger partial charge in [0.1, 0.15) is 0 Å². The lowest BCUT2D eigenvalue weighted by Gasteiger charge is -2.44. The van der Waals surface area contributed by atoms with Crippen LogP contribution >= 0.6 is 11.6 Å². The second-order valence-corrected chi connectivity index (χ2v) is 6.16. The third kappa shape index (κ3) is 2.79. The number of halogens is 1. The Balaban J connectivity index is 2.16. The zero-order chi connectivity index (χ0) is 13.2. The predicted molar refractivity (Wildman–Crippen MR) is 75.8 cm³/mol. The lowest BCUT2D eigenvalue weighted by molar-refractivity contribution is 0.174. The van der Waals surface area contributed by atoms with E-state index in [1.54, 1.807) is 0 Å². The van der Waals surface area contributed by atoms with Crippen LogP contribution in [0.15, 0.2) is 24.3 Å². The molecule has 1 aromatic rings. The number of rotatable bonds is 2. The Labute approximate surface area is 114 Å². The highest BCUT2D eigenvalue weighted by atomic mass is 35.5. The molecule has 1 heterocycles. The fraction of sp³-hybridized carbons (Fsp3) is 0.533. The highest BCUT2D eigenvalue weighted by Gasteiger charge is 2.35. The molecule has 18 heavy (non-hydrogen) atoms. The first kappa shape index (κ1) is 13.2. The zero-order valence-electron chi connectivity index (χ0n) is 11.0. The van der Waals surface area contributed by atoms with Crippen LogP contribution < -0.4 is 4.90 Å². The number of nitrogens with zero attached hydrogens (tertiary/aromatic N) is 2. The summed E-state index contributed by atoms with van der Waals surface area (Å²) >= 11 is 6.04. The van der Waals surface area contributed by atoms with Gasteiger partial charge >= 0.3 is 0 Å². The molecule has 1 saturated heterocycles. The van der Waals surface area contributed by atoms with Crippen molar-refractivity contribution in [3.8, 4) is 6.07 Å². The summed E-state index contributed by atoms with van der Waals surface area (Å²) < 4.78 is 0. The van der Waals surface area contributed by atoms with E-state index in [0.29, 0.717) is 12.3 Å². The van der Waals surface area contributed by atoms with Gasteiger partial charge in [-0.2, -0.15) is 5.26 Å². The SMILES string of the molecule is CC1(C)CCN(c2cccc(Cl)c2)CC1CC#N. The van der Waals surface area contributed by atoms with Gasteiger partial charge < -0.3 is 4.90 Å². The first-order chi connectivity index (χ1) is 8.53. The van der Waals surface area contributed by atoms with Gasteiger partial charge in [0.15, 0.2) is 0 Å². The minimum Gasteiger partial charge on any atom is -0.371 e. The van der Waals surface area contributed by atoms with Crippen LogP contribution in [0.25, 0.3) is 0 Å². The van der Waals surface area contributed by atoms with Crippen LogP contribution in [0, 0.1) is 22.7 Å². The summed E-state index contributed by atoms with van der Waals surface area (Å²) in [6.45, 7) is 6.52. The molecule has 0 N–H and O–H groups in total. The van der Waals surface area contributed by atoms with E-state index in [1.807, 2.05) is 18.2 Å². The minimum absolute atomic E-state index is 0.255. The van der Waals surface area contributed by atoms with E-state index >= 15 is 0 Å². The fourth-order valence-electron chi connectivity index (χ4n) is 2.59. The zero-order valence-corrected chi connectivity index (χ0v) is 11.7. The molecule has 0 aliphatic carbocycles. The van der Waals surface area contributed by atoms with Gasteiger partial charge in [0.05, 0.1) is 6.07 Å². The topological polar surface area (TPSA) is 27.0 Å². The normalized spacial score (nSPS) is 22.6. The van der Waals surface area contributed by atoms with E-state index in [9.17, 15) is 0 Å². The van der Waals surface area contributed by atoms with E-state index in [0.717, 1.165) is 24.5 Å². The second-order valence-electron chi connectivity index (χ2n) is 5.72. The maximum absolute atomic E-state index is 8.96. The summed E-state index contributed by atoms with van der Waals surface area (Å²) in [5, 5.41) is 9.73. The molecule has 0 bridgehead atoms. The van der Waals surface area contributed by atoms with Crippen LogP contribution in [0.3, 0.4) is 0 Å². The van der Waals surface area contributed by atoms with Gasteiger partial charge in [-0.25, -0.2) is 0 Å². The first-order valence-corrected chi connectivity index (χ1v) is 6.78. The van der Waals surface area contributed by atoms with Crippen LogP contribution in [0.5, 0.6) is 0 Å². The maximum atomic E-state index is 8.96. The van der Waals surface area contributed by atoms with Gasteiger partial charge in [-0.15, -0.1) is 0 Å². The van der Waals surface area contributed by atoms with Gasteiger partial charge in [-0.3, -0.25) is 0 Å². The van der Waals surface area contributed by atoms with Crippen molar-refractivity contribution in [2.45, 2.75) is 26.7 Å². The molecule has 1 atom stereocenters. The first-order valence-electron chi connectivity index (χ1n) is 6.40. The van der Waals surface area contributed by atoms with Crippen LogP contribution in [-0.2, 0) is 0 Å². The minimum atomic E-state index is 0.255. The summed E-state index contributed by atoms with van der Waals surface area (Å²) in [6.07, 6.45) is 1.75. The van der Waals surface area contributed by atoms with Crippen molar-refractivity contribution in [1.29, 1.82) is 5.26 Å². The molecule has 3 heteroatoms. The van der Waals surface area contributed by atoms with Gasteiger partial charge in [-0.05, 0) is 36.0 Å². The van der Waals surface area contributed by atoms with Gasteiger partial charge in [0.2, 0.25) is 0 Å². The van der Waals surface area contributed by atoms with Crippen molar-refractivity contribution in [2.75, 3.05) is 18.0 Å². The third-order valence-electron chi connectivity index (χ3n) is 4.08. The van der Waals surface area contributed by atoms with Gasteiger partial charge in [0.25, 0.3) is 0 Å². The highest BCUT2D eigenvalue weighted by Crippen LogP contribution is 2.39. The molecule has 0 aromatic heterocycles. The molecule has 0 spiro atoms.